The molecule has 160 valence electrons. The molecular weight excluding hydrogens is 399 g/mol. The van der Waals surface area contributed by atoms with Gasteiger partial charge in [0.05, 0.1) is 0 Å². The van der Waals surface area contributed by atoms with Crippen LogP contribution in [0, 0.1) is 6.92 Å². The van der Waals surface area contributed by atoms with E-state index in [4.69, 9.17) is 4.74 Å². The van der Waals surface area contributed by atoms with Gasteiger partial charge < -0.3 is 19.1 Å². The van der Waals surface area contributed by atoms with Crippen LogP contribution >= 0.6 is 0 Å². The van der Waals surface area contributed by atoms with E-state index in [1.54, 1.807) is 24.3 Å². The number of hydrogen-bond acceptors (Lipinski definition) is 3. The molecule has 0 bridgehead atoms. The lowest BCUT2D eigenvalue weighted by Gasteiger charge is -2.21. The molecule has 0 aliphatic heterocycles. The van der Waals surface area contributed by atoms with E-state index in [0.29, 0.717) is 17.6 Å². The number of rotatable bonds is 6. The molecule has 0 saturated heterocycles. The van der Waals surface area contributed by atoms with Crippen LogP contribution in [0.25, 0.3) is 10.9 Å². The van der Waals surface area contributed by atoms with Gasteiger partial charge in [-0.2, -0.15) is 0 Å². The van der Waals surface area contributed by atoms with Crippen LogP contribution in [0.2, 0.25) is 0 Å². The molecule has 0 aliphatic carbocycles. The third kappa shape index (κ3) is 4.53. The maximum absolute atomic E-state index is 12.6. The Balaban J connectivity index is 1.97. The Bertz CT molecular complexity index is 1100. The number of halogens is 3. The molecule has 5 nitrogen and oxygen atoms in total. The van der Waals surface area contributed by atoms with Gasteiger partial charge in [0.2, 0.25) is 0 Å². The number of alkyl halides is 3. The van der Waals surface area contributed by atoms with Gasteiger partial charge in [-0.3, -0.25) is 0 Å². The van der Waals surface area contributed by atoms with Crippen molar-refractivity contribution in [3.8, 4) is 11.5 Å². The number of aromatic nitrogens is 1. The molecule has 2 aromatic carbocycles. The van der Waals surface area contributed by atoms with Crippen molar-refractivity contribution in [3.05, 3.63) is 59.3 Å². The number of aliphatic carboxylic acids is 1. The van der Waals surface area contributed by atoms with Gasteiger partial charge in [-0.1, -0.05) is 12.1 Å². The van der Waals surface area contributed by atoms with Crippen LogP contribution in [0.5, 0.6) is 11.5 Å². The zero-order chi connectivity index (χ0) is 22.3. The van der Waals surface area contributed by atoms with Gasteiger partial charge in [-0.25, -0.2) is 4.79 Å². The topological polar surface area (TPSA) is 60.7 Å². The first-order valence-electron chi connectivity index (χ1n) is 9.22. The summed E-state index contributed by atoms with van der Waals surface area (Å²) >= 11 is 0. The van der Waals surface area contributed by atoms with E-state index < -0.39 is 17.9 Å². The SMILES string of the molecule is Cc1c(Cc2cccc(OC(C)(C)C(=O)O)c2)c2cc(OC(F)(F)F)ccc2n1C. The zero-order valence-corrected chi connectivity index (χ0v) is 17.0. The van der Waals surface area contributed by atoms with Crippen LogP contribution in [0.3, 0.4) is 0 Å². The highest BCUT2D eigenvalue weighted by Crippen LogP contribution is 2.33. The van der Waals surface area contributed by atoms with Crippen molar-refractivity contribution >= 4 is 16.9 Å². The van der Waals surface area contributed by atoms with Crippen LogP contribution in [-0.4, -0.2) is 27.6 Å². The number of nitrogens with zero attached hydrogens (tertiary/aromatic N) is 1. The summed E-state index contributed by atoms with van der Waals surface area (Å²) in [6, 6.07) is 11.3. The highest BCUT2D eigenvalue weighted by Gasteiger charge is 2.31. The van der Waals surface area contributed by atoms with Gasteiger partial charge in [-0.05, 0) is 68.7 Å². The standard InChI is InChI=1S/C22H22F3NO4/c1-13-17(11-14-6-5-7-15(10-14)29-21(2,3)20(27)28)18-12-16(30-22(23,24)25)8-9-19(18)26(13)4/h5-10,12H,11H2,1-4H3,(H,27,28). The third-order valence-corrected chi connectivity index (χ3v) is 5.00. The lowest BCUT2D eigenvalue weighted by molar-refractivity contribution is -0.274. The normalized spacial score (nSPS) is 12.2. The molecule has 1 N–H and O–H groups in total. The van der Waals surface area contributed by atoms with Crippen molar-refractivity contribution in [2.45, 2.75) is 39.2 Å². The third-order valence-electron chi connectivity index (χ3n) is 5.00. The summed E-state index contributed by atoms with van der Waals surface area (Å²) in [6.07, 6.45) is -4.33. The van der Waals surface area contributed by atoms with Gasteiger partial charge in [0.25, 0.3) is 0 Å². The number of carboxylic acid groups (broad SMARTS) is 1. The number of aryl methyl sites for hydroxylation is 1. The van der Waals surface area contributed by atoms with E-state index >= 15 is 0 Å². The van der Waals surface area contributed by atoms with Crippen LogP contribution in [0.1, 0.15) is 30.7 Å². The Labute approximate surface area is 171 Å². The van der Waals surface area contributed by atoms with Crippen LogP contribution < -0.4 is 9.47 Å². The summed E-state index contributed by atoms with van der Waals surface area (Å²) < 4.78 is 49.5. The number of carbonyl (C=O) groups is 1. The van der Waals surface area contributed by atoms with Crippen molar-refractivity contribution < 1.29 is 32.5 Å². The number of carboxylic acids is 1. The summed E-state index contributed by atoms with van der Waals surface area (Å²) in [5, 5.41) is 9.91. The number of ether oxygens (including phenoxy) is 2. The van der Waals surface area contributed by atoms with Crippen molar-refractivity contribution in [3.63, 3.8) is 0 Å². The molecule has 1 heterocycles. The minimum atomic E-state index is -4.76. The molecule has 3 aromatic rings. The Morgan fingerprint density at radius 1 is 1.07 bits per heavy atom. The highest BCUT2D eigenvalue weighted by molar-refractivity contribution is 5.87. The minimum absolute atomic E-state index is 0.276. The summed E-state index contributed by atoms with van der Waals surface area (Å²) in [4.78, 5) is 11.3. The van der Waals surface area contributed by atoms with Gasteiger partial charge in [-0.15, -0.1) is 13.2 Å². The second-order valence-corrected chi connectivity index (χ2v) is 7.59. The molecular formula is C22H22F3NO4. The first kappa shape index (κ1) is 21.5. The Morgan fingerprint density at radius 2 is 1.73 bits per heavy atom. The molecule has 1 aromatic heterocycles. The largest absolute Gasteiger partial charge is 0.573 e. The molecule has 0 amide bonds. The zero-order valence-electron chi connectivity index (χ0n) is 17.0. The second-order valence-electron chi connectivity index (χ2n) is 7.59. The van der Waals surface area contributed by atoms with E-state index in [9.17, 15) is 23.1 Å². The van der Waals surface area contributed by atoms with E-state index in [0.717, 1.165) is 22.3 Å². The van der Waals surface area contributed by atoms with Gasteiger partial charge in [0.1, 0.15) is 11.5 Å². The van der Waals surface area contributed by atoms with Crippen molar-refractivity contribution in [1.29, 1.82) is 0 Å². The maximum Gasteiger partial charge on any atom is 0.573 e. The Hall–Kier alpha value is -3.16. The van der Waals surface area contributed by atoms with Crippen LogP contribution in [0.15, 0.2) is 42.5 Å². The summed E-state index contributed by atoms with van der Waals surface area (Å²) in [5.74, 6) is -0.962. The molecule has 0 spiro atoms. The monoisotopic (exact) mass is 421 g/mol. The first-order valence-corrected chi connectivity index (χ1v) is 9.22. The van der Waals surface area contributed by atoms with E-state index in [1.165, 1.54) is 26.0 Å². The molecule has 0 saturated carbocycles. The molecule has 0 fully saturated rings. The predicted octanol–water partition coefficient (Wildman–Crippen LogP) is 5.22. The van der Waals surface area contributed by atoms with Gasteiger partial charge in [0, 0.05) is 23.6 Å². The molecule has 0 radical (unpaired) electrons. The van der Waals surface area contributed by atoms with Gasteiger partial charge >= 0.3 is 12.3 Å². The fourth-order valence-corrected chi connectivity index (χ4v) is 3.31. The molecule has 30 heavy (non-hydrogen) atoms. The average molecular weight is 421 g/mol. The first-order chi connectivity index (χ1) is 13.9. The van der Waals surface area contributed by atoms with E-state index in [2.05, 4.69) is 4.74 Å². The van der Waals surface area contributed by atoms with Gasteiger partial charge in [0.15, 0.2) is 5.60 Å². The molecule has 3 rings (SSSR count). The Kier molecular flexibility index (Phi) is 5.45. The summed E-state index contributed by atoms with van der Waals surface area (Å²) in [7, 11) is 1.85. The molecule has 0 aliphatic rings. The Morgan fingerprint density at radius 3 is 2.37 bits per heavy atom. The van der Waals surface area contributed by atoms with Crippen LogP contribution in [0.4, 0.5) is 13.2 Å². The molecule has 0 atom stereocenters. The number of benzene rings is 2. The second kappa shape index (κ2) is 7.59. The average Bonchev–Trinajstić information content (AvgIpc) is 2.85. The molecule has 8 heteroatoms. The van der Waals surface area contributed by atoms with Crippen molar-refractivity contribution in [2.75, 3.05) is 0 Å². The number of fused-ring (bicyclic) bond motifs is 1. The molecule has 0 unspecified atom stereocenters. The van der Waals surface area contributed by atoms with E-state index in [-0.39, 0.29) is 5.75 Å². The highest BCUT2D eigenvalue weighted by atomic mass is 19.4. The summed E-state index contributed by atoms with van der Waals surface area (Å²) in [5.41, 5.74) is 2.00. The minimum Gasteiger partial charge on any atom is -0.478 e. The van der Waals surface area contributed by atoms with E-state index in [1.807, 2.05) is 24.6 Å². The number of hydrogen-bond donors (Lipinski definition) is 1. The maximum atomic E-state index is 12.6. The fourth-order valence-electron chi connectivity index (χ4n) is 3.31. The quantitative estimate of drug-likeness (QED) is 0.593. The summed E-state index contributed by atoms with van der Waals surface area (Å²) in [6.45, 7) is 4.81. The van der Waals surface area contributed by atoms with Crippen molar-refractivity contribution in [2.24, 2.45) is 7.05 Å². The smallest absolute Gasteiger partial charge is 0.478 e. The predicted molar refractivity (Wildman–Crippen MR) is 106 cm³/mol. The van der Waals surface area contributed by atoms with Crippen LogP contribution in [-0.2, 0) is 18.3 Å². The lowest BCUT2D eigenvalue weighted by Crippen LogP contribution is -2.37. The fraction of sp³-hybridized carbons (Fsp3) is 0.318. The van der Waals surface area contributed by atoms with Crippen molar-refractivity contribution in [1.82, 2.24) is 4.57 Å². The lowest BCUT2D eigenvalue weighted by atomic mass is 10.0.